The van der Waals surface area contributed by atoms with Crippen molar-refractivity contribution in [2.24, 2.45) is 0 Å². The molecule has 11 heteroatoms. The molecule has 0 saturated heterocycles. The molecule has 6 rings (SSSR count). The van der Waals surface area contributed by atoms with E-state index in [1.807, 2.05) is 13.8 Å². The summed E-state index contributed by atoms with van der Waals surface area (Å²) in [6.45, 7) is 3.69. The van der Waals surface area contributed by atoms with Crippen LogP contribution in [0.4, 0.5) is 0 Å². The number of carbonyl (C=O) groups excluding carboxylic acids is 1. The van der Waals surface area contributed by atoms with Crippen molar-refractivity contribution < 1.29 is 21.6 Å². The van der Waals surface area contributed by atoms with Gasteiger partial charge in [-0.1, -0.05) is 96.1 Å². The molecule has 0 bridgehead atoms. The maximum Gasteiger partial charge on any atom is 0.283 e. The second-order valence-corrected chi connectivity index (χ2v) is 13.7. The van der Waals surface area contributed by atoms with Crippen molar-refractivity contribution in [3.63, 3.8) is 0 Å². The van der Waals surface area contributed by atoms with Crippen molar-refractivity contribution in [3.05, 3.63) is 144 Å². The molecular formula is C33H26N4O5S2. The van der Waals surface area contributed by atoms with Gasteiger partial charge < -0.3 is 0 Å². The Morgan fingerprint density at radius 1 is 0.523 bits per heavy atom. The second kappa shape index (κ2) is 11.2. The summed E-state index contributed by atoms with van der Waals surface area (Å²) in [7, 11) is -8.43. The smallest absolute Gasteiger partial charge is 0.283 e. The fraction of sp³-hybridized carbons (Fsp3) is 0.0606. The third-order valence-corrected chi connectivity index (χ3v) is 10.4. The lowest BCUT2D eigenvalue weighted by Crippen LogP contribution is -2.17. The molecule has 220 valence electrons. The van der Waals surface area contributed by atoms with Crippen molar-refractivity contribution >= 4 is 25.8 Å². The van der Waals surface area contributed by atoms with Gasteiger partial charge in [-0.25, -0.2) is 0 Å². The van der Waals surface area contributed by atoms with E-state index in [2.05, 4.69) is 10.2 Å². The summed E-state index contributed by atoms with van der Waals surface area (Å²) < 4.78 is 56.9. The Morgan fingerprint density at radius 3 is 1.20 bits per heavy atom. The molecule has 44 heavy (non-hydrogen) atoms. The van der Waals surface area contributed by atoms with Crippen LogP contribution < -0.4 is 0 Å². The molecule has 2 aromatic heterocycles. The predicted molar refractivity (Wildman–Crippen MR) is 166 cm³/mol. The van der Waals surface area contributed by atoms with Gasteiger partial charge >= 0.3 is 0 Å². The van der Waals surface area contributed by atoms with Crippen LogP contribution >= 0.6 is 0 Å². The maximum absolute atomic E-state index is 14.4. The molecule has 0 spiro atoms. The third-order valence-electron chi connectivity index (χ3n) is 7.15. The first kappa shape index (κ1) is 29.0. The molecular weight excluding hydrogens is 597 g/mol. The zero-order valence-corrected chi connectivity index (χ0v) is 25.3. The van der Waals surface area contributed by atoms with Crippen molar-refractivity contribution in [1.82, 2.24) is 18.4 Å². The number of hydrogen-bond acceptors (Lipinski definition) is 7. The number of carbonyl (C=O) groups is 1. The van der Waals surface area contributed by atoms with Gasteiger partial charge in [-0.3, -0.25) is 4.79 Å². The van der Waals surface area contributed by atoms with E-state index in [9.17, 15) is 21.6 Å². The minimum absolute atomic E-state index is 0.00404. The van der Waals surface area contributed by atoms with Crippen molar-refractivity contribution in [2.45, 2.75) is 23.6 Å². The Kier molecular flexibility index (Phi) is 7.36. The Labute approximate surface area is 255 Å². The summed E-state index contributed by atoms with van der Waals surface area (Å²) in [5.74, 6) is -0.640. The molecule has 9 nitrogen and oxygen atoms in total. The Bertz CT molecular complexity index is 2050. The van der Waals surface area contributed by atoms with Gasteiger partial charge in [0.25, 0.3) is 20.0 Å². The maximum atomic E-state index is 14.4. The molecule has 2 heterocycles. The molecule has 0 aliphatic carbocycles. The van der Waals surface area contributed by atoms with Crippen LogP contribution in [0, 0.1) is 13.8 Å². The molecule has 0 saturated carbocycles. The van der Waals surface area contributed by atoms with E-state index < -0.39 is 25.8 Å². The van der Waals surface area contributed by atoms with Gasteiger partial charge in [-0.05, 0) is 38.1 Å². The lowest BCUT2D eigenvalue weighted by atomic mass is 9.98. The summed E-state index contributed by atoms with van der Waals surface area (Å²) >= 11 is 0. The van der Waals surface area contributed by atoms with Crippen LogP contribution in [-0.2, 0) is 20.0 Å². The molecule has 0 unspecified atom stereocenters. The number of nitrogens with zero attached hydrogens (tertiary/aromatic N) is 4. The Hall–Kier alpha value is -5.13. The van der Waals surface area contributed by atoms with E-state index in [1.54, 1.807) is 84.9 Å². The van der Waals surface area contributed by atoms with E-state index in [1.165, 1.54) is 36.7 Å². The Morgan fingerprint density at radius 2 is 0.864 bits per heavy atom. The topological polar surface area (TPSA) is 121 Å². The van der Waals surface area contributed by atoms with Gasteiger partial charge in [-0.2, -0.15) is 35.2 Å². The van der Waals surface area contributed by atoms with Crippen LogP contribution in [0.15, 0.2) is 131 Å². The van der Waals surface area contributed by atoms with Crippen molar-refractivity contribution in [3.8, 4) is 22.5 Å². The highest BCUT2D eigenvalue weighted by Crippen LogP contribution is 2.33. The number of aryl methyl sites for hydroxylation is 2. The molecule has 4 aromatic carbocycles. The van der Waals surface area contributed by atoms with Gasteiger partial charge in [0.15, 0.2) is 0 Å². The number of hydrogen-bond donors (Lipinski definition) is 0. The van der Waals surface area contributed by atoms with Crippen LogP contribution in [0.3, 0.4) is 0 Å². The van der Waals surface area contributed by atoms with Gasteiger partial charge in [0.05, 0.1) is 44.7 Å². The SMILES string of the molecule is Cc1ccc(S(=O)(=O)n2ncc(C(=O)c3cnn(S(=O)(=O)c4ccc(C)cc4)c3-c3ccccc3)c2-c2ccccc2)cc1. The third kappa shape index (κ3) is 5.06. The average molecular weight is 623 g/mol. The first-order chi connectivity index (χ1) is 21.1. The van der Waals surface area contributed by atoms with Crippen LogP contribution in [0.5, 0.6) is 0 Å². The van der Waals surface area contributed by atoms with E-state index >= 15 is 0 Å². The zero-order chi connectivity index (χ0) is 31.1. The molecule has 0 radical (unpaired) electrons. The Balaban J connectivity index is 1.56. The van der Waals surface area contributed by atoms with E-state index in [0.29, 0.717) is 11.1 Å². The number of aromatic nitrogens is 4. The molecule has 6 aromatic rings. The van der Waals surface area contributed by atoms with E-state index in [-0.39, 0.29) is 32.3 Å². The van der Waals surface area contributed by atoms with Crippen LogP contribution in [-0.4, -0.2) is 41.0 Å². The van der Waals surface area contributed by atoms with Crippen LogP contribution in [0.25, 0.3) is 22.5 Å². The van der Waals surface area contributed by atoms with Gasteiger partial charge in [0.2, 0.25) is 5.78 Å². The standard InChI is InChI=1S/C33H26N4O5S2/c1-23-13-17-27(18-14-23)43(39,40)36-31(25-9-5-3-6-10-25)29(21-34-36)33(38)30-22-35-37(32(30)26-11-7-4-8-12-26)44(41,42)28-19-15-24(2)16-20-28/h3-22H,1-2H3. The summed E-state index contributed by atoms with van der Waals surface area (Å²) in [4.78, 5) is 14.4. The molecule has 0 fully saturated rings. The predicted octanol–water partition coefficient (Wildman–Crippen LogP) is 5.74. The van der Waals surface area contributed by atoms with Crippen LogP contribution in [0.2, 0.25) is 0 Å². The highest BCUT2D eigenvalue weighted by atomic mass is 32.2. The average Bonchev–Trinajstić information content (AvgIpc) is 3.69. The molecule has 0 aliphatic rings. The van der Waals surface area contributed by atoms with Gasteiger partial charge in [0, 0.05) is 11.1 Å². The minimum atomic E-state index is -4.21. The zero-order valence-electron chi connectivity index (χ0n) is 23.7. The van der Waals surface area contributed by atoms with Gasteiger partial charge in [0.1, 0.15) is 0 Å². The fourth-order valence-corrected chi connectivity index (χ4v) is 7.44. The lowest BCUT2D eigenvalue weighted by molar-refractivity contribution is 0.104. The van der Waals surface area contributed by atoms with E-state index in [4.69, 9.17) is 0 Å². The fourth-order valence-electron chi connectivity index (χ4n) is 4.85. The largest absolute Gasteiger partial charge is 0.288 e. The monoisotopic (exact) mass is 622 g/mol. The summed E-state index contributed by atoms with van der Waals surface area (Å²) in [5, 5.41) is 8.37. The van der Waals surface area contributed by atoms with E-state index in [0.717, 1.165) is 19.3 Å². The normalized spacial score (nSPS) is 11.9. The molecule has 0 atom stereocenters. The highest BCUT2D eigenvalue weighted by Gasteiger charge is 2.32. The highest BCUT2D eigenvalue weighted by molar-refractivity contribution is 7.90. The summed E-state index contributed by atoms with van der Waals surface area (Å²) in [5.41, 5.74) is 2.67. The minimum Gasteiger partial charge on any atom is -0.288 e. The summed E-state index contributed by atoms with van der Waals surface area (Å²) in [6, 6.07) is 29.8. The van der Waals surface area contributed by atoms with Gasteiger partial charge in [-0.15, -0.1) is 0 Å². The number of rotatable bonds is 8. The first-order valence-electron chi connectivity index (χ1n) is 13.5. The molecule has 0 N–H and O–H groups in total. The molecule has 0 aliphatic heterocycles. The number of benzene rings is 4. The van der Waals surface area contributed by atoms with Crippen LogP contribution in [0.1, 0.15) is 27.0 Å². The first-order valence-corrected chi connectivity index (χ1v) is 16.4. The summed E-state index contributed by atoms with van der Waals surface area (Å²) in [6.07, 6.45) is 2.38. The number of ketones is 1. The van der Waals surface area contributed by atoms with Crippen molar-refractivity contribution in [2.75, 3.05) is 0 Å². The second-order valence-electron chi connectivity index (χ2n) is 10.2. The van der Waals surface area contributed by atoms with Crippen molar-refractivity contribution in [1.29, 1.82) is 0 Å². The quantitative estimate of drug-likeness (QED) is 0.199. The molecule has 0 amide bonds. The lowest BCUT2D eigenvalue weighted by Gasteiger charge is -2.12.